The molecule has 0 spiro atoms. The monoisotopic (exact) mass is 521 g/mol. The number of pyridine rings is 1. The topological polar surface area (TPSA) is 69.7 Å². The van der Waals surface area contributed by atoms with Crippen LogP contribution >= 0.6 is 0 Å². The number of amides is 1. The van der Waals surface area contributed by atoms with Gasteiger partial charge >= 0.3 is 0 Å². The molecule has 200 valence electrons. The van der Waals surface area contributed by atoms with Gasteiger partial charge in [-0.05, 0) is 54.8 Å². The number of fused-ring (bicyclic) bond motifs is 1. The Morgan fingerprint density at radius 1 is 0.872 bits per heavy atom. The fourth-order valence-corrected chi connectivity index (χ4v) is 5.49. The number of hydrogen-bond acceptors (Lipinski definition) is 6. The number of rotatable bonds is 7. The number of aromatic nitrogens is 1. The van der Waals surface area contributed by atoms with Gasteiger partial charge in [-0.1, -0.05) is 48.5 Å². The van der Waals surface area contributed by atoms with Gasteiger partial charge in [0.05, 0.1) is 24.3 Å². The van der Waals surface area contributed by atoms with E-state index in [0.717, 1.165) is 75.4 Å². The van der Waals surface area contributed by atoms with E-state index >= 15 is 0 Å². The van der Waals surface area contributed by atoms with Gasteiger partial charge in [0.15, 0.2) is 0 Å². The first-order valence-electron chi connectivity index (χ1n) is 13.9. The van der Waals surface area contributed by atoms with Crippen molar-refractivity contribution in [2.24, 2.45) is 0 Å². The van der Waals surface area contributed by atoms with Gasteiger partial charge in [0.1, 0.15) is 5.82 Å². The zero-order chi connectivity index (χ0) is 26.4. The van der Waals surface area contributed by atoms with Crippen molar-refractivity contribution in [2.75, 3.05) is 49.6 Å². The van der Waals surface area contributed by atoms with E-state index in [0.29, 0.717) is 11.4 Å². The lowest BCUT2D eigenvalue weighted by Gasteiger charge is -2.32. The lowest BCUT2D eigenvalue weighted by atomic mass is 10.0. The Morgan fingerprint density at radius 3 is 2.36 bits per heavy atom. The largest absolute Gasteiger partial charge is 0.378 e. The standard InChI is InChI=1S/C32H35N5O2/c38-32(34-26-14-16-36(17-15-26)23-24-6-2-1-3-7-24)29-22-31(35-30-9-5-4-8-28(29)30)33-25-10-12-27(13-11-25)37-18-20-39-21-19-37/h1-13,22,26H,14-21,23H2,(H,33,35)(H,34,38). The Labute approximate surface area is 229 Å². The van der Waals surface area contributed by atoms with Gasteiger partial charge in [0.2, 0.25) is 0 Å². The Morgan fingerprint density at radius 2 is 1.59 bits per heavy atom. The van der Waals surface area contributed by atoms with Crippen molar-refractivity contribution in [1.29, 1.82) is 0 Å². The summed E-state index contributed by atoms with van der Waals surface area (Å²) in [6.45, 7) is 6.25. The number of nitrogens with one attached hydrogen (secondary N) is 2. The first-order valence-corrected chi connectivity index (χ1v) is 13.9. The van der Waals surface area contributed by atoms with Crippen molar-refractivity contribution < 1.29 is 9.53 Å². The number of nitrogens with zero attached hydrogens (tertiary/aromatic N) is 3. The van der Waals surface area contributed by atoms with Crippen molar-refractivity contribution in [3.8, 4) is 0 Å². The van der Waals surface area contributed by atoms with Gasteiger partial charge in [-0.15, -0.1) is 0 Å². The molecule has 1 aromatic heterocycles. The molecule has 4 aromatic rings. The van der Waals surface area contributed by atoms with Crippen molar-refractivity contribution in [1.82, 2.24) is 15.2 Å². The molecule has 7 nitrogen and oxygen atoms in total. The summed E-state index contributed by atoms with van der Waals surface area (Å²) in [5, 5.41) is 7.59. The van der Waals surface area contributed by atoms with Crippen LogP contribution in [0.25, 0.3) is 10.9 Å². The number of piperidine rings is 1. The molecule has 1 amide bonds. The number of morpholine rings is 1. The van der Waals surface area contributed by atoms with E-state index in [1.54, 1.807) is 0 Å². The third kappa shape index (κ3) is 6.21. The number of para-hydroxylation sites is 1. The number of carbonyl (C=O) groups is 1. The minimum Gasteiger partial charge on any atom is -0.378 e. The maximum absolute atomic E-state index is 13.5. The van der Waals surface area contributed by atoms with Crippen LogP contribution in [0.1, 0.15) is 28.8 Å². The van der Waals surface area contributed by atoms with E-state index in [2.05, 4.69) is 75.0 Å². The van der Waals surface area contributed by atoms with Crippen molar-refractivity contribution in [3.63, 3.8) is 0 Å². The normalized spacial score (nSPS) is 16.8. The number of benzene rings is 3. The third-order valence-corrected chi connectivity index (χ3v) is 7.65. The summed E-state index contributed by atoms with van der Waals surface area (Å²) in [6, 6.07) is 28.8. The third-order valence-electron chi connectivity index (χ3n) is 7.65. The molecule has 0 atom stereocenters. The molecular formula is C32H35N5O2. The maximum atomic E-state index is 13.5. The zero-order valence-corrected chi connectivity index (χ0v) is 22.2. The first kappa shape index (κ1) is 25.3. The molecule has 0 unspecified atom stereocenters. The fourth-order valence-electron chi connectivity index (χ4n) is 5.49. The summed E-state index contributed by atoms with van der Waals surface area (Å²) in [7, 11) is 0. The van der Waals surface area contributed by atoms with Gasteiger partial charge in [0.25, 0.3) is 5.91 Å². The summed E-state index contributed by atoms with van der Waals surface area (Å²) < 4.78 is 5.47. The minimum atomic E-state index is -0.0409. The quantitative estimate of drug-likeness (QED) is 0.348. The minimum absolute atomic E-state index is 0.0409. The smallest absolute Gasteiger partial charge is 0.252 e. The maximum Gasteiger partial charge on any atom is 0.252 e. The van der Waals surface area contributed by atoms with E-state index in [1.165, 1.54) is 11.3 Å². The zero-order valence-electron chi connectivity index (χ0n) is 22.2. The average Bonchev–Trinajstić information content (AvgIpc) is 2.99. The highest BCUT2D eigenvalue weighted by Gasteiger charge is 2.22. The summed E-state index contributed by atoms with van der Waals surface area (Å²) in [5.41, 5.74) is 4.91. The summed E-state index contributed by atoms with van der Waals surface area (Å²) in [4.78, 5) is 23.1. The van der Waals surface area contributed by atoms with E-state index in [9.17, 15) is 4.79 Å². The SMILES string of the molecule is O=C(NC1CCN(Cc2ccccc2)CC1)c1cc(Nc2ccc(N3CCOCC3)cc2)nc2ccccc12. The fraction of sp³-hybridized carbons (Fsp3) is 0.312. The van der Waals surface area contributed by atoms with Gasteiger partial charge in [0, 0.05) is 55.5 Å². The van der Waals surface area contributed by atoms with Crippen molar-refractivity contribution in [3.05, 3.63) is 96.1 Å². The molecule has 0 radical (unpaired) electrons. The van der Waals surface area contributed by atoms with Gasteiger partial charge in [-0.3, -0.25) is 9.69 Å². The Kier molecular flexibility index (Phi) is 7.70. The summed E-state index contributed by atoms with van der Waals surface area (Å²) in [6.07, 6.45) is 1.89. The number of anilines is 3. The van der Waals surface area contributed by atoms with Crippen LogP contribution in [0.15, 0.2) is 84.9 Å². The average molecular weight is 522 g/mol. The van der Waals surface area contributed by atoms with E-state index in [4.69, 9.17) is 9.72 Å². The van der Waals surface area contributed by atoms with E-state index in [1.807, 2.05) is 30.3 Å². The molecule has 7 heteroatoms. The van der Waals surface area contributed by atoms with Crippen molar-refractivity contribution >= 4 is 34.0 Å². The highest BCUT2D eigenvalue weighted by Crippen LogP contribution is 2.26. The molecule has 2 aliphatic rings. The molecule has 0 bridgehead atoms. The van der Waals surface area contributed by atoms with E-state index in [-0.39, 0.29) is 11.9 Å². The van der Waals surface area contributed by atoms with Crippen LogP contribution in [-0.2, 0) is 11.3 Å². The predicted molar refractivity (Wildman–Crippen MR) is 157 cm³/mol. The first-order chi connectivity index (χ1) is 19.2. The molecule has 3 aromatic carbocycles. The molecule has 2 fully saturated rings. The number of likely N-dealkylation sites (tertiary alicyclic amines) is 1. The summed E-state index contributed by atoms with van der Waals surface area (Å²) in [5.74, 6) is 0.622. The van der Waals surface area contributed by atoms with Crippen LogP contribution in [0.2, 0.25) is 0 Å². The van der Waals surface area contributed by atoms with Crippen LogP contribution in [0.5, 0.6) is 0 Å². The van der Waals surface area contributed by atoms with Crippen LogP contribution < -0.4 is 15.5 Å². The molecule has 2 saturated heterocycles. The molecule has 3 heterocycles. The van der Waals surface area contributed by atoms with Gasteiger partial charge < -0.3 is 20.3 Å². The number of hydrogen-bond donors (Lipinski definition) is 2. The van der Waals surface area contributed by atoms with Crippen LogP contribution in [-0.4, -0.2) is 61.2 Å². The number of carbonyl (C=O) groups excluding carboxylic acids is 1. The molecular weight excluding hydrogens is 486 g/mol. The lowest BCUT2D eigenvalue weighted by molar-refractivity contribution is 0.0910. The number of ether oxygens (including phenoxy) is 1. The Hall–Kier alpha value is -3.94. The second-order valence-electron chi connectivity index (χ2n) is 10.4. The predicted octanol–water partition coefficient (Wildman–Crippen LogP) is 5.21. The molecule has 2 aliphatic heterocycles. The second-order valence-corrected chi connectivity index (χ2v) is 10.4. The molecule has 0 aliphatic carbocycles. The van der Waals surface area contributed by atoms with Crippen LogP contribution in [0, 0.1) is 0 Å². The Bertz CT molecular complexity index is 1400. The van der Waals surface area contributed by atoms with Crippen molar-refractivity contribution in [2.45, 2.75) is 25.4 Å². The second kappa shape index (κ2) is 11.8. The molecule has 0 saturated carbocycles. The Balaban J connectivity index is 1.13. The summed E-state index contributed by atoms with van der Waals surface area (Å²) >= 11 is 0. The van der Waals surface area contributed by atoms with E-state index < -0.39 is 0 Å². The highest BCUT2D eigenvalue weighted by molar-refractivity contribution is 6.07. The molecule has 39 heavy (non-hydrogen) atoms. The molecule has 6 rings (SSSR count). The lowest BCUT2D eigenvalue weighted by Crippen LogP contribution is -2.44. The molecule has 2 N–H and O–H groups in total. The van der Waals surface area contributed by atoms with Crippen LogP contribution in [0.4, 0.5) is 17.2 Å². The van der Waals surface area contributed by atoms with Gasteiger partial charge in [-0.25, -0.2) is 4.98 Å². The highest BCUT2D eigenvalue weighted by atomic mass is 16.5. The van der Waals surface area contributed by atoms with Crippen LogP contribution in [0.3, 0.4) is 0 Å². The van der Waals surface area contributed by atoms with Gasteiger partial charge in [-0.2, -0.15) is 0 Å².